The van der Waals surface area contributed by atoms with Crippen LogP contribution in [0.1, 0.15) is 22.4 Å². The molecule has 3 aromatic rings. The first-order chi connectivity index (χ1) is 12.2. The number of para-hydroxylation sites is 1. The molecule has 4 rings (SSSR count). The summed E-state index contributed by atoms with van der Waals surface area (Å²) in [6.45, 7) is 0. The summed E-state index contributed by atoms with van der Waals surface area (Å²) in [5.74, 6) is 0. The third-order valence-electron chi connectivity index (χ3n) is 4.26. The third kappa shape index (κ3) is 3.08. The van der Waals surface area contributed by atoms with Crippen molar-refractivity contribution in [1.29, 1.82) is 0 Å². The van der Waals surface area contributed by atoms with Crippen LogP contribution in [0.2, 0.25) is 0 Å². The van der Waals surface area contributed by atoms with E-state index < -0.39 is 4.92 Å². The molecule has 0 radical (unpaired) electrons. The van der Waals surface area contributed by atoms with Crippen LogP contribution in [0.4, 0.5) is 10.8 Å². The van der Waals surface area contributed by atoms with Gasteiger partial charge in [0.1, 0.15) is 0 Å². The number of thiazole rings is 1. The van der Waals surface area contributed by atoms with Gasteiger partial charge in [0.05, 0.1) is 16.2 Å². The number of rotatable bonds is 3. The van der Waals surface area contributed by atoms with Crippen LogP contribution in [0.3, 0.4) is 0 Å². The zero-order chi connectivity index (χ0) is 17.2. The first-order valence-electron chi connectivity index (χ1n) is 8.08. The minimum absolute atomic E-state index is 0.0507. The van der Waals surface area contributed by atoms with E-state index in [4.69, 9.17) is 4.98 Å². The molecule has 0 bridgehead atoms. The molecule has 0 saturated heterocycles. The van der Waals surface area contributed by atoms with E-state index in [1.54, 1.807) is 29.5 Å². The maximum atomic E-state index is 11.1. The second-order valence-corrected chi connectivity index (χ2v) is 6.92. The molecule has 124 valence electrons. The average molecular weight is 349 g/mol. The average Bonchev–Trinajstić information content (AvgIpc) is 2.95. The van der Waals surface area contributed by atoms with Crippen molar-refractivity contribution in [2.75, 3.05) is 0 Å². The van der Waals surface area contributed by atoms with Crippen LogP contribution in [0.5, 0.6) is 0 Å². The van der Waals surface area contributed by atoms with Crippen molar-refractivity contribution in [3.05, 3.63) is 74.6 Å². The van der Waals surface area contributed by atoms with Crippen molar-refractivity contribution >= 4 is 28.4 Å². The van der Waals surface area contributed by atoms with E-state index in [-0.39, 0.29) is 5.69 Å². The Kier molecular flexibility index (Phi) is 4.11. The van der Waals surface area contributed by atoms with Gasteiger partial charge in [0, 0.05) is 22.7 Å². The molecule has 0 spiro atoms. The summed E-state index contributed by atoms with van der Waals surface area (Å²) in [5, 5.41) is 11.7. The zero-order valence-electron chi connectivity index (χ0n) is 13.4. The molecule has 1 aromatic heterocycles. The number of nitro benzene ring substituents is 1. The summed E-state index contributed by atoms with van der Waals surface area (Å²) in [5.41, 5.74) is 4.04. The minimum Gasteiger partial charge on any atom is -0.258 e. The molecule has 0 atom stereocenters. The molecule has 0 fully saturated rings. The molecule has 2 aromatic carbocycles. The van der Waals surface area contributed by atoms with Gasteiger partial charge in [0.2, 0.25) is 5.13 Å². The van der Waals surface area contributed by atoms with Crippen LogP contribution >= 0.6 is 11.3 Å². The fraction of sp³-hybridized carbons (Fsp3) is 0.158. The summed E-state index contributed by atoms with van der Waals surface area (Å²) >= 11 is 1.57. The number of nitrogens with zero attached hydrogens (tertiary/aromatic N) is 3. The fourth-order valence-electron chi connectivity index (χ4n) is 3.07. The van der Waals surface area contributed by atoms with Crippen LogP contribution in [0, 0.1) is 10.1 Å². The van der Waals surface area contributed by atoms with E-state index in [0.717, 1.165) is 25.0 Å². The Morgan fingerprint density at radius 3 is 2.80 bits per heavy atom. The molecule has 1 aliphatic carbocycles. The van der Waals surface area contributed by atoms with Gasteiger partial charge in [-0.15, -0.1) is 0 Å². The third-order valence-corrected chi connectivity index (χ3v) is 5.28. The number of aliphatic imine (C=N–C) groups is 1. The molecular weight excluding hydrogens is 334 g/mol. The number of nitro groups is 1. The van der Waals surface area contributed by atoms with Crippen molar-refractivity contribution < 1.29 is 4.92 Å². The zero-order valence-corrected chi connectivity index (χ0v) is 14.2. The molecule has 0 amide bonds. The molecule has 6 heteroatoms. The predicted octanol–water partition coefficient (Wildman–Crippen LogP) is 4.96. The smallest absolute Gasteiger partial charge is 0.258 e. The van der Waals surface area contributed by atoms with Crippen LogP contribution < -0.4 is 0 Å². The Morgan fingerprint density at radius 2 is 1.92 bits per heavy atom. The Balaban J connectivity index is 1.71. The number of fused-ring (bicyclic) bond motifs is 3. The molecule has 0 N–H and O–H groups in total. The van der Waals surface area contributed by atoms with Crippen LogP contribution in [0.15, 0.2) is 53.5 Å². The van der Waals surface area contributed by atoms with Crippen LogP contribution in [-0.4, -0.2) is 16.1 Å². The molecule has 0 saturated carbocycles. The van der Waals surface area contributed by atoms with Gasteiger partial charge < -0.3 is 0 Å². The summed E-state index contributed by atoms with van der Waals surface area (Å²) in [4.78, 5) is 21.0. The van der Waals surface area contributed by atoms with Gasteiger partial charge in [0.25, 0.3) is 5.69 Å². The van der Waals surface area contributed by atoms with E-state index in [0.29, 0.717) is 10.7 Å². The lowest BCUT2D eigenvalue weighted by Crippen LogP contribution is -1.93. The minimum atomic E-state index is -0.394. The van der Waals surface area contributed by atoms with E-state index in [1.807, 2.05) is 6.07 Å². The summed E-state index contributed by atoms with van der Waals surface area (Å²) < 4.78 is 0. The van der Waals surface area contributed by atoms with Gasteiger partial charge in [0.15, 0.2) is 0 Å². The highest BCUT2D eigenvalue weighted by Gasteiger charge is 2.19. The van der Waals surface area contributed by atoms with Crippen molar-refractivity contribution in [3.63, 3.8) is 0 Å². The highest BCUT2D eigenvalue weighted by atomic mass is 32.1. The van der Waals surface area contributed by atoms with Gasteiger partial charge >= 0.3 is 0 Å². The highest BCUT2D eigenvalue weighted by Crippen LogP contribution is 2.38. The summed E-state index contributed by atoms with van der Waals surface area (Å²) in [6.07, 6.45) is 4.68. The molecule has 1 aliphatic rings. The summed E-state index contributed by atoms with van der Waals surface area (Å²) in [7, 11) is 0. The Morgan fingerprint density at radius 1 is 1.12 bits per heavy atom. The molecule has 1 heterocycles. The predicted molar refractivity (Wildman–Crippen MR) is 99.9 cm³/mol. The Labute approximate surface area is 148 Å². The van der Waals surface area contributed by atoms with Gasteiger partial charge in [-0.1, -0.05) is 47.7 Å². The number of aromatic nitrogens is 1. The summed E-state index contributed by atoms with van der Waals surface area (Å²) in [6, 6.07) is 14.9. The van der Waals surface area contributed by atoms with Gasteiger partial charge in [-0.25, -0.2) is 9.98 Å². The molecule has 25 heavy (non-hydrogen) atoms. The lowest BCUT2D eigenvalue weighted by molar-refractivity contribution is -0.385. The largest absolute Gasteiger partial charge is 0.278 e. The highest BCUT2D eigenvalue weighted by molar-refractivity contribution is 7.15. The van der Waals surface area contributed by atoms with E-state index in [9.17, 15) is 10.1 Å². The number of hydrogen-bond donors (Lipinski definition) is 0. The SMILES string of the molecule is O=[N+]([O-])c1ccccc1/C=N/c1nc2c(s1)CCCc1ccccc1-2. The topological polar surface area (TPSA) is 68.4 Å². The molecule has 0 unspecified atom stereocenters. The van der Waals surface area contributed by atoms with Gasteiger partial charge in [-0.3, -0.25) is 10.1 Å². The van der Waals surface area contributed by atoms with Crippen LogP contribution in [-0.2, 0) is 12.8 Å². The van der Waals surface area contributed by atoms with Crippen molar-refractivity contribution in [2.24, 2.45) is 4.99 Å². The first kappa shape index (κ1) is 15.7. The second kappa shape index (κ2) is 6.57. The number of aryl methyl sites for hydroxylation is 2. The molecule has 5 nitrogen and oxygen atoms in total. The van der Waals surface area contributed by atoms with Gasteiger partial charge in [-0.05, 0) is 30.9 Å². The second-order valence-electron chi connectivity index (χ2n) is 5.85. The normalized spacial score (nSPS) is 13.3. The van der Waals surface area contributed by atoms with E-state index in [2.05, 4.69) is 23.2 Å². The first-order valence-corrected chi connectivity index (χ1v) is 8.89. The fourth-order valence-corrected chi connectivity index (χ4v) is 4.03. The Bertz CT molecular complexity index is 978. The standard InChI is InChI=1S/C19H15N3O2S/c23-22(24)16-10-4-2-7-14(16)12-20-19-21-18-15-9-3-1-6-13(15)8-5-11-17(18)25-19/h1-4,6-7,9-10,12H,5,8,11H2/b20-12+. The van der Waals surface area contributed by atoms with Crippen molar-refractivity contribution in [1.82, 2.24) is 4.98 Å². The van der Waals surface area contributed by atoms with Gasteiger partial charge in [-0.2, -0.15) is 0 Å². The van der Waals surface area contributed by atoms with Crippen molar-refractivity contribution in [3.8, 4) is 11.3 Å². The lowest BCUT2D eigenvalue weighted by atomic mass is 10.0. The van der Waals surface area contributed by atoms with Crippen LogP contribution in [0.25, 0.3) is 11.3 Å². The quantitative estimate of drug-likeness (QED) is 0.381. The Hall–Kier alpha value is -2.86. The monoisotopic (exact) mass is 349 g/mol. The number of benzene rings is 2. The lowest BCUT2D eigenvalue weighted by Gasteiger charge is -2.03. The molecule has 0 aliphatic heterocycles. The number of hydrogen-bond acceptors (Lipinski definition) is 5. The maximum Gasteiger partial charge on any atom is 0.278 e. The van der Waals surface area contributed by atoms with E-state index in [1.165, 1.54) is 28.3 Å². The maximum absolute atomic E-state index is 11.1. The molecular formula is C19H15N3O2S. The van der Waals surface area contributed by atoms with E-state index >= 15 is 0 Å². The van der Waals surface area contributed by atoms with Crippen molar-refractivity contribution in [2.45, 2.75) is 19.3 Å².